The molecule has 17 heavy (non-hydrogen) atoms. The minimum absolute atomic E-state index is 0.265. The van der Waals surface area contributed by atoms with Crippen LogP contribution < -0.4 is 10.6 Å². The van der Waals surface area contributed by atoms with Gasteiger partial charge >= 0.3 is 0 Å². The Morgan fingerprint density at radius 2 is 2.29 bits per heavy atom. The number of nitriles is 1. The Kier molecular flexibility index (Phi) is 3.60. The smallest absolute Gasteiger partial charge is 0.124 e. The molecular formula is C13H16FN3. The van der Waals surface area contributed by atoms with Gasteiger partial charge in [-0.15, -0.1) is 0 Å². The van der Waals surface area contributed by atoms with Crippen LogP contribution in [0.25, 0.3) is 0 Å². The highest BCUT2D eigenvalue weighted by molar-refractivity contribution is 5.60. The quantitative estimate of drug-likeness (QED) is 0.850. The molecule has 2 rings (SSSR count). The molecule has 0 amide bonds. The van der Waals surface area contributed by atoms with Gasteiger partial charge in [-0.05, 0) is 37.5 Å². The van der Waals surface area contributed by atoms with Crippen LogP contribution in [0.4, 0.5) is 10.1 Å². The number of benzene rings is 1. The van der Waals surface area contributed by atoms with Gasteiger partial charge in [0.1, 0.15) is 11.9 Å². The topological polar surface area (TPSA) is 53.0 Å². The first-order valence-electron chi connectivity index (χ1n) is 5.92. The molecule has 1 heterocycles. The summed E-state index contributed by atoms with van der Waals surface area (Å²) in [4.78, 5) is 2.14. The maximum atomic E-state index is 13.1. The highest BCUT2D eigenvalue weighted by Crippen LogP contribution is 2.27. The van der Waals surface area contributed by atoms with E-state index in [-0.39, 0.29) is 11.9 Å². The molecule has 1 aliphatic heterocycles. The third kappa shape index (κ3) is 2.40. The summed E-state index contributed by atoms with van der Waals surface area (Å²) >= 11 is 0. The fraction of sp³-hybridized carbons (Fsp3) is 0.462. The standard InChI is InChI=1S/C13H16FN3/c14-11-4-5-13(10(7-11)8-15)17-6-2-1-3-12(17)9-16/h4-5,7,12H,1-3,6,9,16H2. The minimum Gasteiger partial charge on any atom is -0.366 e. The fourth-order valence-corrected chi connectivity index (χ4v) is 2.41. The van der Waals surface area contributed by atoms with Crippen LogP contribution in [0.2, 0.25) is 0 Å². The van der Waals surface area contributed by atoms with Gasteiger partial charge in [-0.3, -0.25) is 0 Å². The van der Waals surface area contributed by atoms with Crippen molar-refractivity contribution < 1.29 is 4.39 Å². The van der Waals surface area contributed by atoms with Crippen molar-refractivity contribution in [2.75, 3.05) is 18.0 Å². The molecule has 1 aliphatic rings. The Hall–Kier alpha value is -1.60. The minimum atomic E-state index is -0.369. The average Bonchev–Trinajstić information content (AvgIpc) is 2.38. The van der Waals surface area contributed by atoms with Crippen molar-refractivity contribution in [3.63, 3.8) is 0 Å². The van der Waals surface area contributed by atoms with Crippen molar-refractivity contribution in [1.82, 2.24) is 0 Å². The number of anilines is 1. The highest BCUT2D eigenvalue weighted by Gasteiger charge is 2.23. The molecule has 3 nitrogen and oxygen atoms in total. The molecule has 2 N–H and O–H groups in total. The molecule has 0 aromatic heterocycles. The van der Waals surface area contributed by atoms with Crippen molar-refractivity contribution in [3.8, 4) is 6.07 Å². The first-order valence-corrected chi connectivity index (χ1v) is 5.92. The molecule has 0 radical (unpaired) electrons. The van der Waals surface area contributed by atoms with Gasteiger partial charge in [-0.2, -0.15) is 5.26 Å². The van der Waals surface area contributed by atoms with E-state index in [4.69, 9.17) is 11.0 Å². The Labute approximate surface area is 101 Å². The predicted molar refractivity (Wildman–Crippen MR) is 65.2 cm³/mol. The van der Waals surface area contributed by atoms with Crippen LogP contribution in [0.3, 0.4) is 0 Å². The molecule has 1 unspecified atom stereocenters. The van der Waals surface area contributed by atoms with Crippen molar-refractivity contribution in [2.24, 2.45) is 5.73 Å². The molecule has 1 atom stereocenters. The first-order chi connectivity index (χ1) is 8.26. The molecule has 1 aromatic rings. The van der Waals surface area contributed by atoms with Gasteiger partial charge in [0.15, 0.2) is 0 Å². The van der Waals surface area contributed by atoms with Crippen LogP contribution in [0, 0.1) is 17.1 Å². The number of piperidine rings is 1. The average molecular weight is 233 g/mol. The Morgan fingerprint density at radius 1 is 1.47 bits per heavy atom. The van der Waals surface area contributed by atoms with Crippen LogP contribution >= 0.6 is 0 Å². The number of halogens is 1. The van der Waals surface area contributed by atoms with Crippen LogP contribution in [0.5, 0.6) is 0 Å². The first kappa shape index (κ1) is 11.9. The second-order valence-electron chi connectivity index (χ2n) is 4.35. The predicted octanol–water partition coefficient (Wildman–Crippen LogP) is 2.01. The summed E-state index contributed by atoms with van der Waals surface area (Å²) in [6.07, 6.45) is 3.30. The Morgan fingerprint density at radius 3 is 3.00 bits per heavy atom. The van der Waals surface area contributed by atoms with E-state index < -0.39 is 0 Å². The van der Waals surface area contributed by atoms with Gasteiger partial charge in [-0.25, -0.2) is 4.39 Å². The number of hydrogen-bond donors (Lipinski definition) is 1. The van der Waals surface area contributed by atoms with E-state index in [2.05, 4.69) is 11.0 Å². The van der Waals surface area contributed by atoms with Crippen LogP contribution in [-0.4, -0.2) is 19.1 Å². The Balaban J connectivity index is 2.35. The molecule has 0 spiro atoms. The van der Waals surface area contributed by atoms with Crippen molar-refractivity contribution in [2.45, 2.75) is 25.3 Å². The molecular weight excluding hydrogens is 217 g/mol. The van der Waals surface area contributed by atoms with E-state index in [0.717, 1.165) is 25.1 Å². The summed E-state index contributed by atoms with van der Waals surface area (Å²) < 4.78 is 13.1. The summed E-state index contributed by atoms with van der Waals surface area (Å²) in [6.45, 7) is 1.46. The monoisotopic (exact) mass is 233 g/mol. The lowest BCUT2D eigenvalue weighted by molar-refractivity contribution is 0.465. The van der Waals surface area contributed by atoms with Crippen LogP contribution in [0.1, 0.15) is 24.8 Å². The lowest BCUT2D eigenvalue weighted by Crippen LogP contribution is -2.44. The maximum Gasteiger partial charge on any atom is 0.124 e. The van der Waals surface area contributed by atoms with E-state index in [1.165, 1.54) is 18.6 Å². The molecule has 4 heteroatoms. The Bertz CT molecular complexity index is 439. The molecule has 0 aliphatic carbocycles. The van der Waals surface area contributed by atoms with Crippen LogP contribution in [-0.2, 0) is 0 Å². The molecule has 1 fully saturated rings. The molecule has 1 aromatic carbocycles. The van der Waals surface area contributed by atoms with Gasteiger partial charge in [0.05, 0.1) is 11.3 Å². The van der Waals surface area contributed by atoms with Crippen molar-refractivity contribution in [3.05, 3.63) is 29.6 Å². The summed E-state index contributed by atoms with van der Waals surface area (Å²) in [5, 5.41) is 9.06. The van der Waals surface area contributed by atoms with E-state index in [0.29, 0.717) is 12.1 Å². The zero-order valence-electron chi connectivity index (χ0n) is 9.69. The van der Waals surface area contributed by atoms with Crippen molar-refractivity contribution >= 4 is 5.69 Å². The fourth-order valence-electron chi connectivity index (χ4n) is 2.41. The lowest BCUT2D eigenvalue weighted by atomic mass is 10.00. The highest BCUT2D eigenvalue weighted by atomic mass is 19.1. The normalized spacial score (nSPS) is 20.1. The molecule has 90 valence electrons. The van der Waals surface area contributed by atoms with E-state index >= 15 is 0 Å². The van der Waals surface area contributed by atoms with E-state index in [9.17, 15) is 4.39 Å². The third-order valence-electron chi connectivity index (χ3n) is 3.29. The molecule has 0 bridgehead atoms. The van der Waals surface area contributed by atoms with Crippen LogP contribution in [0.15, 0.2) is 18.2 Å². The SMILES string of the molecule is N#Cc1cc(F)ccc1N1CCCCC1CN. The lowest BCUT2D eigenvalue weighted by Gasteiger charge is -2.37. The van der Waals surface area contributed by atoms with E-state index in [1.807, 2.05) is 0 Å². The number of hydrogen-bond acceptors (Lipinski definition) is 3. The van der Waals surface area contributed by atoms with Gasteiger partial charge in [0.25, 0.3) is 0 Å². The molecule has 1 saturated heterocycles. The van der Waals surface area contributed by atoms with Gasteiger partial charge in [0, 0.05) is 19.1 Å². The van der Waals surface area contributed by atoms with Gasteiger partial charge < -0.3 is 10.6 Å². The maximum absolute atomic E-state index is 13.1. The second kappa shape index (κ2) is 5.15. The summed E-state index contributed by atoms with van der Waals surface area (Å²) in [5.41, 5.74) is 6.96. The summed E-state index contributed by atoms with van der Waals surface area (Å²) in [5.74, 6) is -0.369. The van der Waals surface area contributed by atoms with Crippen molar-refractivity contribution in [1.29, 1.82) is 5.26 Å². The third-order valence-corrected chi connectivity index (χ3v) is 3.29. The van der Waals surface area contributed by atoms with E-state index in [1.54, 1.807) is 6.07 Å². The van der Waals surface area contributed by atoms with Gasteiger partial charge in [0.2, 0.25) is 0 Å². The summed E-state index contributed by atoms with van der Waals surface area (Å²) in [7, 11) is 0. The molecule has 0 saturated carbocycles. The second-order valence-corrected chi connectivity index (χ2v) is 4.35. The number of nitrogens with zero attached hydrogens (tertiary/aromatic N) is 2. The largest absolute Gasteiger partial charge is 0.366 e. The van der Waals surface area contributed by atoms with Gasteiger partial charge in [-0.1, -0.05) is 0 Å². The number of rotatable bonds is 2. The zero-order valence-corrected chi connectivity index (χ0v) is 9.69. The number of nitrogens with two attached hydrogens (primary N) is 1. The zero-order chi connectivity index (χ0) is 12.3. The summed E-state index contributed by atoms with van der Waals surface area (Å²) in [6, 6.07) is 6.69.